The zero-order chi connectivity index (χ0) is 18.8. The van der Waals surface area contributed by atoms with E-state index in [1.165, 1.54) is 5.56 Å². The summed E-state index contributed by atoms with van der Waals surface area (Å²) in [7, 11) is 3.46. The van der Waals surface area contributed by atoms with Gasteiger partial charge < -0.3 is 19.7 Å². The van der Waals surface area contributed by atoms with E-state index in [1.54, 1.807) is 19.1 Å². The van der Waals surface area contributed by atoms with Crippen LogP contribution in [0.2, 0.25) is 0 Å². The van der Waals surface area contributed by atoms with E-state index in [0.717, 1.165) is 17.7 Å². The van der Waals surface area contributed by atoms with E-state index in [2.05, 4.69) is 17.4 Å². The largest absolute Gasteiger partial charge is 0.494 e. The van der Waals surface area contributed by atoms with Crippen LogP contribution in [0.3, 0.4) is 0 Å². The van der Waals surface area contributed by atoms with Crippen LogP contribution in [-0.2, 0) is 17.7 Å². The smallest absolute Gasteiger partial charge is 0.317 e. The van der Waals surface area contributed by atoms with Crippen molar-refractivity contribution in [2.75, 3.05) is 27.4 Å². The Balaban J connectivity index is 1.94. The van der Waals surface area contributed by atoms with Gasteiger partial charge in [-0.1, -0.05) is 42.5 Å². The molecule has 0 saturated heterocycles. The highest BCUT2D eigenvalue weighted by atomic mass is 16.5. The highest BCUT2D eigenvalue weighted by Gasteiger charge is 2.20. The summed E-state index contributed by atoms with van der Waals surface area (Å²) in [4.78, 5) is 14.3. The van der Waals surface area contributed by atoms with Gasteiger partial charge in [0.25, 0.3) is 0 Å². The average Bonchev–Trinajstić information content (AvgIpc) is 2.66. The molecule has 2 aromatic rings. The van der Waals surface area contributed by atoms with Gasteiger partial charge in [-0.3, -0.25) is 0 Å². The molecule has 0 aliphatic carbocycles. The van der Waals surface area contributed by atoms with Gasteiger partial charge in [-0.2, -0.15) is 0 Å². The second-order valence-electron chi connectivity index (χ2n) is 6.15. The molecule has 0 aromatic heterocycles. The second kappa shape index (κ2) is 10.5. The Morgan fingerprint density at radius 3 is 2.54 bits per heavy atom. The summed E-state index contributed by atoms with van der Waals surface area (Å²) in [6.45, 7) is 3.51. The lowest BCUT2D eigenvalue weighted by Gasteiger charge is -2.28. The van der Waals surface area contributed by atoms with Crippen LogP contribution in [0.5, 0.6) is 5.75 Å². The summed E-state index contributed by atoms with van der Waals surface area (Å²) in [6, 6.07) is 17.7. The second-order valence-corrected chi connectivity index (χ2v) is 6.15. The van der Waals surface area contributed by atoms with Crippen LogP contribution in [0.15, 0.2) is 54.6 Å². The van der Waals surface area contributed by atoms with Crippen molar-refractivity contribution in [2.24, 2.45) is 0 Å². The third-order valence-electron chi connectivity index (χ3n) is 4.19. The van der Waals surface area contributed by atoms with E-state index in [1.807, 2.05) is 49.4 Å². The monoisotopic (exact) mass is 356 g/mol. The summed E-state index contributed by atoms with van der Waals surface area (Å²) in [5.74, 6) is 0.814. The number of carbonyl (C=O) groups is 1. The number of hydrogen-bond donors (Lipinski definition) is 1. The molecule has 5 nitrogen and oxygen atoms in total. The molecular weight excluding hydrogens is 328 g/mol. The van der Waals surface area contributed by atoms with Crippen LogP contribution in [0.1, 0.15) is 18.1 Å². The van der Waals surface area contributed by atoms with Crippen molar-refractivity contribution >= 4 is 6.03 Å². The van der Waals surface area contributed by atoms with Gasteiger partial charge in [0.05, 0.1) is 19.3 Å². The Labute approximate surface area is 155 Å². The van der Waals surface area contributed by atoms with Crippen molar-refractivity contribution in [3.05, 3.63) is 65.7 Å². The lowest BCUT2D eigenvalue weighted by molar-refractivity contribution is 0.115. The molecule has 0 aliphatic rings. The normalized spacial score (nSPS) is 11.7. The standard InChI is InChI=1S/C21H28N2O3/c1-4-26-20-12-8-11-18(14-20)15-22-21(24)23(2)19(16-25-3)13-17-9-6-5-7-10-17/h5-12,14,19H,4,13,15-16H2,1-3H3,(H,22,24). The number of likely N-dealkylation sites (N-methyl/N-ethyl adjacent to an activating group) is 1. The number of carbonyl (C=O) groups excluding carboxylic acids is 1. The highest BCUT2D eigenvalue weighted by Crippen LogP contribution is 2.13. The first-order valence-electron chi connectivity index (χ1n) is 8.89. The zero-order valence-corrected chi connectivity index (χ0v) is 15.8. The molecule has 0 aliphatic heterocycles. The maximum Gasteiger partial charge on any atom is 0.317 e. The fraction of sp³-hybridized carbons (Fsp3) is 0.381. The number of amides is 2. The van der Waals surface area contributed by atoms with Crippen molar-refractivity contribution in [3.63, 3.8) is 0 Å². The minimum atomic E-state index is -0.121. The minimum absolute atomic E-state index is 0.0304. The maximum absolute atomic E-state index is 12.6. The number of hydrogen-bond acceptors (Lipinski definition) is 3. The molecule has 0 saturated carbocycles. The number of ether oxygens (including phenoxy) is 2. The summed E-state index contributed by atoms with van der Waals surface area (Å²) in [5.41, 5.74) is 2.18. The predicted molar refractivity (Wildman–Crippen MR) is 103 cm³/mol. The van der Waals surface area contributed by atoms with Crippen LogP contribution in [0.4, 0.5) is 4.79 Å². The molecular formula is C21H28N2O3. The fourth-order valence-electron chi connectivity index (χ4n) is 2.77. The van der Waals surface area contributed by atoms with Gasteiger partial charge >= 0.3 is 6.03 Å². The van der Waals surface area contributed by atoms with Gasteiger partial charge in [0.1, 0.15) is 5.75 Å². The summed E-state index contributed by atoms with van der Waals surface area (Å²) >= 11 is 0. The maximum atomic E-state index is 12.6. The third kappa shape index (κ3) is 6.08. The number of rotatable bonds is 9. The van der Waals surface area contributed by atoms with E-state index in [-0.39, 0.29) is 12.1 Å². The van der Waals surface area contributed by atoms with Crippen LogP contribution in [0.25, 0.3) is 0 Å². The van der Waals surface area contributed by atoms with Crippen LogP contribution in [0, 0.1) is 0 Å². The fourth-order valence-corrected chi connectivity index (χ4v) is 2.77. The van der Waals surface area contributed by atoms with E-state index in [4.69, 9.17) is 9.47 Å². The van der Waals surface area contributed by atoms with Crippen molar-refractivity contribution in [3.8, 4) is 5.75 Å². The number of benzene rings is 2. The van der Waals surface area contributed by atoms with Gasteiger partial charge in [0.2, 0.25) is 0 Å². The summed E-state index contributed by atoms with van der Waals surface area (Å²) < 4.78 is 10.8. The van der Waals surface area contributed by atoms with Gasteiger partial charge in [0.15, 0.2) is 0 Å². The lowest BCUT2D eigenvalue weighted by Crippen LogP contribution is -2.46. The molecule has 140 valence electrons. The van der Waals surface area contributed by atoms with Gasteiger partial charge in [-0.25, -0.2) is 4.79 Å². The van der Waals surface area contributed by atoms with E-state index in [0.29, 0.717) is 19.8 Å². The Morgan fingerprint density at radius 2 is 1.85 bits per heavy atom. The van der Waals surface area contributed by atoms with Crippen molar-refractivity contribution in [1.82, 2.24) is 10.2 Å². The van der Waals surface area contributed by atoms with Crippen molar-refractivity contribution in [2.45, 2.75) is 25.9 Å². The Morgan fingerprint density at radius 1 is 1.12 bits per heavy atom. The Kier molecular flexibility index (Phi) is 7.96. The van der Waals surface area contributed by atoms with Crippen LogP contribution in [-0.4, -0.2) is 44.3 Å². The topological polar surface area (TPSA) is 50.8 Å². The Bertz CT molecular complexity index is 676. The van der Waals surface area contributed by atoms with Gasteiger partial charge in [-0.05, 0) is 36.6 Å². The molecule has 0 spiro atoms. The zero-order valence-electron chi connectivity index (χ0n) is 15.8. The molecule has 0 bridgehead atoms. The average molecular weight is 356 g/mol. The van der Waals surface area contributed by atoms with E-state index < -0.39 is 0 Å². The number of nitrogens with one attached hydrogen (secondary N) is 1. The van der Waals surface area contributed by atoms with Gasteiger partial charge in [0, 0.05) is 20.7 Å². The molecule has 1 N–H and O–H groups in total. The van der Waals surface area contributed by atoms with Crippen LogP contribution < -0.4 is 10.1 Å². The van der Waals surface area contributed by atoms with E-state index >= 15 is 0 Å². The molecule has 0 heterocycles. The molecule has 0 radical (unpaired) electrons. The molecule has 5 heteroatoms. The third-order valence-corrected chi connectivity index (χ3v) is 4.19. The quantitative estimate of drug-likeness (QED) is 0.748. The molecule has 1 unspecified atom stereocenters. The highest BCUT2D eigenvalue weighted by molar-refractivity contribution is 5.74. The first kappa shape index (κ1) is 19.8. The molecule has 2 aromatic carbocycles. The number of urea groups is 1. The first-order valence-corrected chi connectivity index (χ1v) is 8.89. The van der Waals surface area contributed by atoms with Crippen molar-refractivity contribution in [1.29, 1.82) is 0 Å². The number of nitrogens with zero attached hydrogens (tertiary/aromatic N) is 1. The van der Waals surface area contributed by atoms with E-state index in [9.17, 15) is 4.79 Å². The van der Waals surface area contributed by atoms with Crippen molar-refractivity contribution < 1.29 is 14.3 Å². The molecule has 0 fully saturated rings. The Hall–Kier alpha value is -2.53. The number of methoxy groups -OCH3 is 1. The molecule has 2 amide bonds. The summed E-state index contributed by atoms with van der Waals surface area (Å²) in [6.07, 6.45) is 0.748. The molecule has 2 rings (SSSR count). The molecule has 26 heavy (non-hydrogen) atoms. The first-order chi connectivity index (χ1) is 12.6. The predicted octanol–water partition coefficient (Wildman–Crippen LogP) is 3.48. The molecule has 1 atom stereocenters. The SMILES string of the molecule is CCOc1cccc(CNC(=O)N(C)C(COC)Cc2ccccc2)c1. The van der Waals surface area contributed by atoms with Gasteiger partial charge in [-0.15, -0.1) is 0 Å². The lowest BCUT2D eigenvalue weighted by atomic mass is 10.1. The summed E-state index contributed by atoms with van der Waals surface area (Å²) in [5, 5.41) is 2.97. The van der Waals surface area contributed by atoms with Crippen LogP contribution >= 0.6 is 0 Å². The minimum Gasteiger partial charge on any atom is -0.494 e.